The number of halogens is 1. The van der Waals surface area contributed by atoms with Gasteiger partial charge in [-0.25, -0.2) is 0 Å². The number of aryl methyl sites for hydroxylation is 1. The summed E-state index contributed by atoms with van der Waals surface area (Å²) in [5.74, 6) is -0.983. The molecule has 0 aliphatic rings. The van der Waals surface area contributed by atoms with Crippen LogP contribution < -0.4 is 9.84 Å². The van der Waals surface area contributed by atoms with E-state index in [2.05, 4.69) is 20.9 Å². The molecule has 0 saturated heterocycles. The minimum absolute atomic E-state index is 0.0701. The summed E-state index contributed by atoms with van der Waals surface area (Å²) in [7, 11) is 1.55. The van der Waals surface area contributed by atoms with Crippen LogP contribution in [0.4, 0.5) is 0 Å². The zero-order valence-corrected chi connectivity index (χ0v) is 14.5. The zero-order valence-electron chi connectivity index (χ0n) is 12.9. The number of hydrogen-bond acceptors (Lipinski definition) is 4. The lowest BCUT2D eigenvalue weighted by atomic mass is 10.0. The van der Waals surface area contributed by atoms with Gasteiger partial charge in [-0.2, -0.15) is 0 Å². The third kappa shape index (κ3) is 3.53. The van der Waals surface area contributed by atoms with Crippen molar-refractivity contribution in [3.05, 3.63) is 56.8 Å². The number of carbonyl (C=O) groups excluding carboxylic acids is 2. The number of carboxylic acid groups (broad SMARTS) is 1. The lowest BCUT2D eigenvalue weighted by molar-refractivity contribution is -0.255. The normalized spacial score (nSPS) is 11.0. The van der Waals surface area contributed by atoms with Crippen molar-refractivity contribution in [3.63, 3.8) is 0 Å². The lowest BCUT2D eigenvalue weighted by Gasteiger charge is -2.05. The highest BCUT2D eigenvalue weighted by Gasteiger charge is 2.16. The first-order valence-corrected chi connectivity index (χ1v) is 7.61. The number of carbonyl (C=O) groups is 2. The minimum atomic E-state index is -1.33. The Bertz CT molecular complexity index is 805. The summed E-state index contributed by atoms with van der Waals surface area (Å²) in [5.41, 5.74) is 1.88. The van der Waals surface area contributed by atoms with Crippen molar-refractivity contribution in [3.8, 4) is 5.75 Å². The van der Waals surface area contributed by atoms with Gasteiger partial charge in [-0.3, -0.25) is 4.79 Å². The maximum absolute atomic E-state index is 12.4. The highest BCUT2D eigenvalue weighted by Crippen LogP contribution is 2.25. The van der Waals surface area contributed by atoms with Crippen molar-refractivity contribution >= 4 is 33.8 Å². The Balaban J connectivity index is 2.37. The molecular formula is C17H15BrNO4-. The Hall–Kier alpha value is -2.34. The Labute approximate surface area is 142 Å². The first kappa shape index (κ1) is 17.0. The molecule has 1 N–H and O–H groups in total. The number of allylic oxidation sites excluding steroid dienone is 1. The van der Waals surface area contributed by atoms with E-state index >= 15 is 0 Å². The van der Waals surface area contributed by atoms with Crippen molar-refractivity contribution in [1.82, 2.24) is 4.98 Å². The molecule has 0 fully saturated rings. The van der Waals surface area contributed by atoms with Crippen LogP contribution in [0, 0.1) is 13.8 Å². The van der Waals surface area contributed by atoms with Gasteiger partial charge in [-0.05, 0) is 49.8 Å². The second-order valence-electron chi connectivity index (χ2n) is 5.00. The van der Waals surface area contributed by atoms with E-state index in [0.717, 1.165) is 10.0 Å². The predicted molar refractivity (Wildman–Crippen MR) is 88.7 cm³/mol. The van der Waals surface area contributed by atoms with Crippen molar-refractivity contribution in [2.75, 3.05) is 7.11 Å². The lowest BCUT2D eigenvalue weighted by Crippen LogP contribution is -2.23. The van der Waals surface area contributed by atoms with E-state index in [1.807, 2.05) is 12.1 Å². The maximum Gasteiger partial charge on any atom is 0.187 e. The van der Waals surface area contributed by atoms with E-state index < -0.39 is 5.97 Å². The minimum Gasteiger partial charge on any atom is -0.543 e. The predicted octanol–water partition coefficient (Wildman–Crippen LogP) is 2.66. The maximum atomic E-state index is 12.4. The number of rotatable bonds is 5. The van der Waals surface area contributed by atoms with E-state index in [1.54, 1.807) is 33.1 Å². The van der Waals surface area contributed by atoms with Gasteiger partial charge in [0.2, 0.25) is 0 Å². The van der Waals surface area contributed by atoms with E-state index in [4.69, 9.17) is 4.74 Å². The number of aromatic amines is 1. The molecule has 0 aliphatic heterocycles. The van der Waals surface area contributed by atoms with Crippen LogP contribution in [0.1, 0.15) is 37.7 Å². The fourth-order valence-electron chi connectivity index (χ4n) is 2.41. The standard InChI is InChI=1S/C17H16BrNO4/c1-9-15(10(2)19-16(9)17(21)22)13(20)6-4-11-8-12(18)5-7-14(11)23-3/h4-8,19H,1-3H3,(H,21,22)/p-1/b6-4+. The van der Waals surface area contributed by atoms with Crippen LogP contribution in [-0.4, -0.2) is 23.8 Å². The Morgan fingerprint density at radius 2 is 2.00 bits per heavy atom. The molecule has 0 saturated carbocycles. The van der Waals surface area contributed by atoms with Gasteiger partial charge >= 0.3 is 0 Å². The van der Waals surface area contributed by atoms with Gasteiger partial charge in [0, 0.05) is 21.3 Å². The number of H-pyrrole nitrogens is 1. The van der Waals surface area contributed by atoms with E-state index in [0.29, 0.717) is 22.6 Å². The molecule has 23 heavy (non-hydrogen) atoms. The molecule has 0 spiro atoms. The summed E-state index contributed by atoms with van der Waals surface area (Å²) in [6, 6.07) is 5.45. The Kier molecular flexibility index (Phi) is 5.05. The van der Waals surface area contributed by atoms with Crippen LogP contribution in [0.5, 0.6) is 5.75 Å². The summed E-state index contributed by atoms with van der Waals surface area (Å²) in [6.45, 7) is 3.23. The molecule has 5 nitrogen and oxygen atoms in total. The summed E-state index contributed by atoms with van der Waals surface area (Å²) in [4.78, 5) is 26.1. The third-order valence-electron chi connectivity index (χ3n) is 3.49. The van der Waals surface area contributed by atoms with Gasteiger partial charge < -0.3 is 19.6 Å². The van der Waals surface area contributed by atoms with Crippen molar-refractivity contribution in [2.24, 2.45) is 0 Å². The number of nitrogens with one attached hydrogen (secondary N) is 1. The van der Waals surface area contributed by atoms with E-state index in [-0.39, 0.29) is 11.5 Å². The number of aromatic nitrogens is 1. The Morgan fingerprint density at radius 1 is 1.30 bits per heavy atom. The molecule has 2 aromatic rings. The number of methoxy groups -OCH3 is 1. The summed E-state index contributed by atoms with van der Waals surface area (Å²) < 4.78 is 6.11. The second-order valence-corrected chi connectivity index (χ2v) is 5.91. The van der Waals surface area contributed by atoms with Gasteiger partial charge in [0.25, 0.3) is 0 Å². The number of benzene rings is 1. The molecule has 6 heteroatoms. The Morgan fingerprint density at radius 3 is 2.57 bits per heavy atom. The van der Waals surface area contributed by atoms with Crippen LogP contribution in [0.25, 0.3) is 6.08 Å². The fraction of sp³-hybridized carbons (Fsp3) is 0.176. The molecule has 0 atom stereocenters. The summed E-state index contributed by atoms with van der Waals surface area (Å²) in [6.07, 6.45) is 3.03. The number of carboxylic acids is 1. The van der Waals surface area contributed by atoms with Gasteiger partial charge in [-0.1, -0.05) is 15.9 Å². The summed E-state index contributed by atoms with van der Waals surface area (Å²) >= 11 is 3.37. The molecule has 0 amide bonds. The monoisotopic (exact) mass is 376 g/mol. The van der Waals surface area contributed by atoms with Crippen molar-refractivity contribution in [2.45, 2.75) is 13.8 Å². The van der Waals surface area contributed by atoms with Crippen LogP contribution in [0.2, 0.25) is 0 Å². The van der Waals surface area contributed by atoms with E-state index in [9.17, 15) is 14.7 Å². The first-order chi connectivity index (χ1) is 10.8. The molecule has 1 heterocycles. The number of ether oxygens (including phenoxy) is 1. The average molecular weight is 377 g/mol. The second kappa shape index (κ2) is 6.83. The SMILES string of the molecule is COc1ccc(Br)cc1/C=C/C(=O)c1c(C)[nH]c(C(=O)[O-])c1C. The van der Waals surface area contributed by atoms with Crippen LogP contribution in [0.15, 0.2) is 28.7 Å². The smallest absolute Gasteiger partial charge is 0.187 e. The molecule has 0 bridgehead atoms. The highest BCUT2D eigenvalue weighted by atomic mass is 79.9. The molecular weight excluding hydrogens is 362 g/mol. The van der Waals surface area contributed by atoms with Crippen molar-refractivity contribution in [1.29, 1.82) is 0 Å². The molecule has 0 radical (unpaired) electrons. The summed E-state index contributed by atoms with van der Waals surface area (Å²) in [5, 5.41) is 11.0. The molecule has 1 aromatic heterocycles. The van der Waals surface area contributed by atoms with E-state index in [1.165, 1.54) is 6.08 Å². The quantitative estimate of drug-likeness (QED) is 0.642. The largest absolute Gasteiger partial charge is 0.543 e. The third-order valence-corrected chi connectivity index (χ3v) is 3.99. The van der Waals surface area contributed by atoms with Crippen LogP contribution in [0.3, 0.4) is 0 Å². The number of aromatic carboxylic acids is 1. The number of ketones is 1. The molecule has 2 rings (SSSR count). The van der Waals surface area contributed by atoms with Gasteiger partial charge in [-0.15, -0.1) is 0 Å². The molecule has 120 valence electrons. The van der Waals surface area contributed by atoms with Crippen LogP contribution in [-0.2, 0) is 0 Å². The van der Waals surface area contributed by atoms with Gasteiger partial charge in [0.15, 0.2) is 5.78 Å². The first-order valence-electron chi connectivity index (χ1n) is 6.81. The van der Waals surface area contributed by atoms with Gasteiger partial charge in [0.05, 0.1) is 18.8 Å². The molecule has 0 aliphatic carbocycles. The number of hydrogen-bond donors (Lipinski definition) is 1. The zero-order chi connectivity index (χ0) is 17.1. The van der Waals surface area contributed by atoms with Crippen molar-refractivity contribution < 1.29 is 19.4 Å². The van der Waals surface area contributed by atoms with Crippen LogP contribution >= 0.6 is 15.9 Å². The molecule has 0 unspecified atom stereocenters. The highest BCUT2D eigenvalue weighted by molar-refractivity contribution is 9.10. The average Bonchev–Trinajstić information content (AvgIpc) is 2.80. The van der Waals surface area contributed by atoms with Gasteiger partial charge in [0.1, 0.15) is 5.75 Å². The topological polar surface area (TPSA) is 82.2 Å². The molecule has 1 aromatic carbocycles. The fourth-order valence-corrected chi connectivity index (χ4v) is 2.79.